The Morgan fingerprint density at radius 3 is 0.825 bits per heavy atom. The van der Waals surface area contributed by atoms with Gasteiger partial charge in [0, 0.05) is 82.5 Å². The lowest BCUT2D eigenvalue weighted by Gasteiger charge is -2.35. The number of alkyl halides is 1. The minimum atomic E-state index is -2.85. The molecular formula is C27H61ClO9Si3. The zero-order valence-corrected chi connectivity index (χ0v) is 30.8. The van der Waals surface area contributed by atoms with Crippen LogP contribution in [-0.4, -0.2) is 90.7 Å². The van der Waals surface area contributed by atoms with E-state index in [-0.39, 0.29) is 0 Å². The van der Waals surface area contributed by atoms with Crippen molar-refractivity contribution in [2.24, 2.45) is 0 Å². The molecule has 0 aliphatic heterocycles. The highest BCUT2D eigenvalue weighted by molar-refractivity contribution is 6.61. The fourth-order valence-electron chi connectivity index (χ4n) is 5.00. The molecule has 0 spiro atoms. The molecule has 9 nitrogen and oxygen atoms in total. The molecule has 0 fully saturated rings. The molecule has 0 aliphatic carbocycles. The van der Waals surface area contributed by atoms with Crippen LogP contribution in [0.2, 0.25) is 18.1 Å². The number of halogens is 1. The molecule has 0 aliphatic rings. The van der Waals surface area contributed by atoms with Crippen LogP contribution in [0.3, 0.4) is 0 Å². The van der Waals surface area contributed by atoms with E-state index in [0.717, 1.165) is 37.8 Å². The van der Waals surface area contributed by atoms with Crippen LogP contribution >= 0.6 is 11.6 Å². The molecule has 0 saturated carbocycles. The summed E-state index contributed by atoms with van der Waals surface area (Å²) in [6, 6.07) is 2.09. The maximum atomic E-state index is 7.51. The first-order chi connectivity index (χ1) is 19.2. The van der Waals surface area contributed by atoms with Crippen LogP contribution < -0.4 is 0 Å². The quantitative estimate of drug-likeness (QED) is 0.0625. The minimum Gasteiger partial charge on any atom is -0.374 e. The van der Waals surface area contributed by atoms with E-state index in [4.69, 9.17) is 51.4 Å². The van der Waals surface area contributed by atoms with Gasteiger partial charge in [-0.3, -0.25) is 0 Å². The molecule has 13 heteroatoms. The molecule has 0 rings (SSSR count). The largest absolute Gasteiger partial charge is 0.500 e. The van der Waals surface area contributed by atoms with Gasteiger partial charge in [-0.25, -0.2) is 0 Å². The van der Waals surface area contributed by atoms with E-state index < -0.39 is 31.3 Å². The molecular weight excluding hydrogens is 588 g/mol. The third kappa shape index (κ3) is 15.3. The molecule has 0 bridgehead atoms. The highest BCUT2D eigenvalue weighted by Gasteiger charge is 2.46. The number of hydrogen-bond acceptors (Lipinski definition) is 9. The second-order valence-corrected chi connectivity index (χ2v) is 18.3. The topological polar surface area (TPSA) is 83.1 Å². The average molecular weight is 649 g/mol. The highest BCUT2D eigenvalue weighted by Crippen LogP contribution is 2.38. The van der Waals surface area contributed by atoms with Crippen molar-refractivity contribution < 1.29 is 39.8 Å². The Labute approximate surface area is 254 Å². The smallest absolute Gasteiger partial charge is 0.374 e. The summed E-state index contributed by atoms with van der Waals surface area (Å²) in [7, 11) is -8.38. The van der Waals surface area contributed by atoms with Crippen LogP contribution in [0.5, 0.6) is 0 Å². The van der Waals surface area contributed by atoms with Gasteiger partial charge in [-0.15, -0.1) is 11.6 Å². The molecule has 0 N–H and O–H groups in total. The lowest BCUT2D eigenvalue weighted by Crippen LogP contribution is -2.48. The Morgan fingerprint density at radius 2 is 0.600 bits per heavy atom. The lowest BCUT2D eigenvalue weighted by atomic mass is 9.94. The number of rotatable bonds is 29. The van der Waals surface area contributed by atoms with Crippen molar-refractivity contribution in [3.8, 4) is 0 Å². The maximum absolute atomic E-state index is 7.51. The van der Waals surface area contributed by atoms with Crippen molar-refractivity contribution in [1.29, 1.82) is 0 Å². The van der Waals surface area contributed by atoms with Crippen LogP contribution in [0.1, 0.15) is 94.4 Å². The monoisotopic (exact) mass is 648 g/mol. The second-order valence-electron chi connectivity index (χ2n) is 9.30. The fraction of sp³-hybridized carbons (Fsp3) is 1.00. The van der Waals surface area contributed by atoms with E-state index in [1.54, 1.807) is 0 Å². The SMILES string of the molecule is CCO[Si](CCCC(Cl)(CCC[Si](OCC)(OCC)OCC)CC[Si](OCC)(OCC)OCC)(OCC)OCC. The molecule has 0 aromatic carbocycles. The highest BCUT2D eigenvalue weighted by atomic mass is 35.5. The van der Waals surface area contributed by atoms with Gasteiger partial charge in [0.05, 0.1) is 0 Å². The van der Waals surface area contributed by atoms with Gasteiger partial charge in [-0.2, -0.15) is 0 Å². The number of hydrogen-bond donors (Lipinski definition) is 0. The minimum absolute atomic E-state index is 0.501. The molecule has 0 saturated heterocycles. The molecule has 0 unspecified atom stereocenters. The predicted octanol–water partition coefficient (Wildman–Crippen LogP) is 7.06. The van der Waals surface area contributed by atoms with E-state index in [1.807, 2.05) is 62.3 Å². The summed E-state index contributed by atoms with van der Waals surface area (Å²) in [6.45, 7) is 22.8. The third-order valence-corrected chi connectivity index (χ3v) is 16.3. The molecule has 0 atom stereocenters. The van der Waals surface area contributed by atoms with Crippen molar-refractivity contribution in [2.75, 3.05) is 59.5 Å². The Morgan fingerprint density at radius 1 is 0.375 bits per heavy atom. The molecule has 0 aromatic rings. The lowest BCUT2D eigenvalue weighted by molar-refractivity contribution is 0.0669. The second kappa shape index (κ2) is 23.0. The van der Waals surface area contributed by atoms with E-state index in [2.05, 4.69) is 0 Å². The van der Waals surface area contributed by atoms with E-state index >= 15 is 0 Å². The summed E-state index contributed by atoms with van der Waals surface area (Å²) in [4.78, 5) is -0.501. The predicted molar refractivity (Wildman–Crippen MR) is 168 cm³/mol. The fourth-order valence-corrected chi connectivity index (χ4v) is 13.5. The molecule has 0 heterocycles. The van der Waals surface area contributed by atoms with E-state index in [0.29, 0.717) is 71.9 Å². The Bertz CT molecular complexity index is 525. The Balaban J connectivity index is 5.86. The van der Waals surface area contributed by atoms with Gasteiger partial charge >= 0.3 is 26.4 Å². The molecule has 0 amide bonds. The summed E-state index contributed by atoms with van der Waals surface area (Å²) in [5.41, 5.74) is 0. The van der Waals surface area contributed by atoms with Gasteiger partial charge in [0.15, 0.2) is 0 Å². The first kappa shape index (κ1) is 40.6. The van der Waals surface area contributed by atoms with Crippen molar-refractivity contribution in [2.45, 2.75) is 117 Å². The van der Waals surface area contributed by atoms with Gasteiger partial charge in [-0.1, -0.05) is 0 Å². The van der Waals surface area contributed by atoms with Gasteiger partial charge in [0.25, 0.3) is 0 Å². The maximum Gasteiger partial charge on any atom is 0.500 e. The average Bonchev–Trinajstić information content (AvgIpc) is 2.89. The van der Waals surface area contributed by atoms with Crippen molar-refractivity contribution >= 4 is 38.0 Å². The zero-order valence-electron chi connectivity index (χ0n) is 27.1. The van der Waals surface area contributed by atoms with Crippen LogP contribution in [0.25, 0.3) is 0 Å². The van der Waals surface area contributed by atoms with Crippen molar-refractivity contribution in [1.82, 2.24) is 0 Å². The van der Waals surface area contributed by atoms with Gasteiger partial charge in [0.1, 0.15) is 0 Å². The summed E-state index contributed by atoms with van der Waals surface area (Å²) in [5, 5.41) is 0. The van der Waals surface area contributed by atoms with E-state index in [1.165, 1.54) is 0 Å². The first-order valence-corrected chi connectivity index (χ1v) is 21.8. The molecule has 40 heavy (non-hydrogen) atoms. The summed E-state index contributed by atoms with van der Waals surface area (Å²) < 4.78 is 55.0. The van der Waals surface area contributed by atoms with Crippen LogP contribution in [0, 0.1) is 0 Å². The third-order valence-electron chi connectivity index (χ3n) is 6.37. The van der Waals surface area contributed by atoms with E-state index in [9.17, 15) is 0 Å². The van der Waals surface area contributed by atoms with Gasteiger partial charge in [0.2, 0.25) is 0 Å². The first-order valence-electron chi connectivity index (χ1n) is 15.6. The molecule has 0 radical (unpaired) electrons. The van der Waals surface area contributed by atoms with Gasteiger partial charge in [-0.05, 0) is 94.4 Å². The Kier molecular flexibility index (Phi) is 23.4. The molecule has 0 aromatic heterocycles. The summed E-state index contributed by atoms with van der Waals surface area (Å²) >= 11 is 7.51. The van der Waals surface area contributed by atoms with Crippen LogP contribution in [0.4, 0.5) is 0 Å². The Hall–Kier alpha value is 0.581. The van der Waals surface area contributed by atoms with Crippen molar-refractivity contribution in [3.05, 3.63) is 0 Å². The summed E-state index contributed by atoms with van der Waals surface area (Å²) in [6.07, 6.45) is 3.91. The van der Waals surface area contributed by atoms with Crippen molar-refractivity contribution in [3.63, 3.8) is 0 Å². The normalized spacial score (nSPS) is 13.3. The zero-order chi connectivity index (χ0) is 30.4. The summed E-state index contributed by atoms with van der Waals surface area (Å²) in [5.74, 6) is 0. The van der Waals surface area contributed by atoms with Crippen LogP contribution in [-0.2, 0) is 39.8 Å². The molecule has 242 valence electrons. The van der Waals surface area contributed by atoms with Crippen LogP contribution in [0.15, 0.2) is 0 Å². The standard InChI is InChI=1S/C27H61ClO9Si3/c1-10-29-38(30-11-2,31-12-3)24-19-21-27(28,23-26-40(35-16-7,36-17-8)37-18-9)22-20-25-39(32-13-4,33-14-5)34-15-6/h10-26H2,1-9H3. The van der Waals surface area contributed by atoms with Gasteiger partial charge < -0.3 is 39.8 Å².